The second-order valence-electron chi connectivity index (χ2n) is 5.60. The summed E-state index contributed by atoms with van der Waals surface area (Å²) in [4.78, 5) is 11.6. The largest absolute Gasteiger partial charge is 0.359 e. The Labute approximate surface area is 159 Å². The molecular formula is C19H17BrClN3O. The van der Waals surface area contributed by atoms with Gasteiger partial charge in [0.05, 0.1) is 11.4 Å². The number of carbonyl (C=O) groups excluding carboxylic acids is 1. The number of halogens is 2. The van der Waals surface area contributed by atoms with Crippen LogP contribution >= 0.6 is 27.5 Å². The van der Waals surface area contributed by atoms with Crippen molar-refractivity contribution in [3.05, 3.63) is 69.8 Å². The lowest BCUT2D eigenvalue weighted by Crippen LogP contribution is -2.17. The monoisotopic (exact) mass is 417 g/mol. The Balaban J connectivity index is 1.99. The zero-order valence-electron chi connectivity index (χ0n) is 13.7. The van der Waals surface area contributed by atoms with Gasteiger partial charge in [0.1, 0.15) is 0 Å². The summed E-state index contributed by atoms with van der Waals surface area (Å²) in [6.07, 6.45) is 3.02. The van der Waals surface area contributed by atoms with Crippen LogP contribution in [0, 0.1) is 0 Å². The number of nitrogens with one attached hydrogen (secondary N) is 1. The molecule has 0 saturated heterocycles. The maximum absolute atomic E-state index is 11.6. The SMILES string of the molecule is CNC(=O)CCc1cn(-c2ccc(Br)cc2)nc1-c1ccc(Cl)cc1. The van der Waals surface area contributed by atoms with Crippen LogP contribution in [0.5, 0.6) is 0 Å². The van der Waals surface area contributed by atoms with Gasteiger partial charge in [0.2, 0.25) is 5.91 Å². The molecule has 4 nitrogen and oxygen atoms in total. The highest BCUT2D eigenvalue weighted by Crippen LogP contribution is 2.26. The zero-order chi connectivity index (χ0) is 17.8. The third kappa shape index (κ3) is 4.30. The summed E-state index contributed by atoms with van der Waals surface area (Å²) >= 11 is 9.44. The lowest BCUT2D eigenvalue weighted by molar-refractivity contribution is -0.120. The van der Waals surface area contributed by atoms with E-state index < -0.39 is 0 Å². The first-order valence-corrected chi connectivity index (χ1v) is 9.05. The zero-order valence-corrected chi connectivity index (χ0v) is 16.0. The van der Waals surface area contributed by atoms with E-state index in [9.17, 15) is 4.79 Å². The van der Waals surface area contributed by atoms with Gasteiger partial charge in [-0.05, 0) is 48.4 Å². The quantitative estimate of drug-likeness (QED) is 0.656. The molecular weight excluding hydrogens is 402 g/mol. The fraction of sp³-hybridized carbons (Fsp3) is 0.158. The Morgan fingerprint density at radius 3 is 2.48 bits per heavy atom. The van der Waals surface area contributed by atoms with E-state index in [1.54, 1.807) is 7.05 Å². The van der Waals surface area contributed by atoms with Gasteiger partial charge in [-0.15, -0.1) is 0 Å². The summed E-state index contributed by atoms with van der Waals surface area (Å²) in [6, 6.07) is 15.5. The summed E-state index contributed by atoms with van der Waals surface area (Å²) in [7, 11) is 1.65. The van der Waals surface area contributed by atoms with E-state index >= 15 is 0 Å². The molecule has 3 aromatic rings. The molecule has 1 N–H and O–H groups in total. The normalized spacial score (nSPS) is 10.7. The number of amides is 1. The Kier molecular flexibility index (Phi) is 5.56. The van der Waals surface area contributed by atoms with Crippen LogP contribution in [0.3, 0.4) is 0 Å². The molecule has 0 unspecified atom stereocenters. The Bertz CT molecular complexity index is 873. The van der Waals surface area contributed by atoms with Gasteiger partial charge in [0.25, 0.3) is 0 Å². The Hall–Kier alpha value is -2.11. The van der Waals surface area contributed by atoms with Crippen molar-refractivity contribution in [2.75, 3.05) is 7.05 Å². The topological polar surface area (TPSA) is 46.9 Å². The van der Waals surface area contributed by atoms with Gasteiger partial charge < -0.3 is 5.32 Å². The number of rotatable bonds is 5. The average Bonchev–Trinajstić information content (AvgIpc) is 3.05. The van der Waals surface area contributed by atoms with Gasteiger partial charge in [0.15, 0.2) is 0 Å². The second-order valence-corrected chi connectivity index (χ2v) is 6.96. The summed E-state index contributed by atoms with van der Waals surface area (Å²) in [5.41, 5.74) is 3.83. The molecule has 1 aromatic heterocycles. The lowest BCUT2D eigenvalue weighted by atomic mass is 10.0. The standard InChI is InChI=1S/C19H17BrClN3O/c1-22-18(25)11-4-14-12-24(17-9-5-15(20)6-10-17)23-19(14)13-2-7-16(21)8-3-13/h2-3,5-10,12H,4,11H2,1H3,(H,22,25). The van der Waals surface area contributed by atoms with Crippen LogP contribution in [-0.2, 0) is 11.2 Å². The number of carbonyl (C=O) groups is 1. The first kappa shape index (κ1) is 17.7. The minimum absolute atomic E-state index is 0.0125. The number of hydrogen-bond acceptors (Lipinski definition) is 2. The third-order valence-corrected chi connectivity index (χ3v) is 4.68. The van der Waals surface area contributed by atoms with Crippen LogP contribution in [0.2, 0.25) is 5.02 Å². The first-order chi connectivity index (χ1) is 12.1. The Morgan fingerprint density at radius 2 is 1.84 bits per heavy atom. The Morgan fingerprint density at radius 1 is 1.16 bits per heavy atom. The van der Waals surface area contributed by atoms with Gasteiger partial charge >= 0.3 is 0 Å². The molecule has 0 saturated carbocycles. The van der Waals surface area contributed by atoms with Crippen molar-refractivity contribution >= 4 is 33.4 Å². The first-order valence-electron chi connectivity index (χ1n) is 7.88. The molecule has 25 heavy (non-hydrogen) atoms. The van der Waals surface area contributed by atoms with Crippen LogP contribution in [0.4, 0.5) is 0 Å². The third-order valence-electron chi connectivity index (χ3n) is 3.90. The number of nitrogens with zero attached hydrogens (tertiary/aromatic N) is 2. The van der Waals surface area contributed by atoms with E-state index in [-0.39, 0.29) is 5.91 Å². The molecule has 0 aliphatic rings. The van der Waals surface area contributed by atoms with Gasteiger partial charge in [0, 0.05) is 34.7 Å². The molecule has 1 amide bonds. The van der Waals surface area contributed by atoms with E-state index in [1.807, 2.05) is 59.4 Å². The minimum Gasteiger partial charge on any atom is -0.359 e. The lowest BCUT2D eigenvalue weighted by Gasteiger charge is -2.02. The van der Waals surface area contributed by atoms with Crippen molar-refractivity contribution in [1.29, 1.82) is 0 Å². The van der Waals surface area contributed by atoms with Crippen LogP contribution in [0.15, 0.2) is 59.2 Å². The molecule has 0 spiro atoms. The average molecular weight is 419 g/mol. The summed E-state index contributed by atoms with van der Waals surface area (Å²) in [5, 5.41) is 8.08. The summed E-state index contributed by atoms with van der Waals surface area (Å²) < 4.78 is 2.86. The molecule has 0 fully saturated rings. The molecule has 2 aromatic carbocycles. The van der Waals surface area contributed by atoms with E-state index in [1.165, 1.54) is 0 Å². The summed E-state index contributed by atoms with van der Waals surface area (Å²) in [6.45, 7) is 0. The van der Waals surface area contributed by atoms with E-state index in [0.29, 0.717) is 17.9 Å². The number of aromatic nitrogens is 2. The van der Waals surface area contributed by atoms with Crippen molar-refractivity contribution in [3.8, 4) is 16.9 Å². The summed E-state index contributed by atoms with van der Waals surface area (Å²) in [5.74, 6) is 0.0125. The fourth-order valence-corrected chi connectivity index (χ4v) is 2.93. The second kappa shape index (κ2) is 7.85. The molecule has 0 aliphatic heterocycles. The van der Waals surface area contributed by atoms with E-state index in [0.717, 1.165) is 27.0 Å². The van der Waals surface area contributed by atoms with Gasteiger partial charge in [-0.3, -0.25) is 4.79 Å². The molecule has 0 aliphatic carbocycles. The van der Waals surface area contributed by atoms with Gasteiger partial charge in [-0.25, -0.2) is 4.68 Å². The van der Waals surface area contributed by atoms with Crippen LogP contribution < -0.4 is 5.32 Å². The molecule has 1 heterocycles. The highest BCUT2D eigenvalue weighted by atomic mass is 79.9. The molecule has 3 rings (SSSR count). The molecule has 0 bridgehead atoms. The molecule has 0 atom stereocenters. The predicted molar refractivity (Wildman–Crippen MR) is 104 cm³/mol. The van der Waals surface area contributed by atoms with Gasteiger partial charge in [-0.2, -0.15) is 5.10 Å². The van der Waals surface area contributed by atoms with Crippen molar-refractivity contribution in [3.63, 3.8) is 0 Å². The minimum atomic E-state index is 0.0125. The maximum Gasteiger partial charge on any atom is 0.220 e. The van der Waals surface area contributed by atoms with Gasteiger partial charge in [-0.1, -0.05) is 39.7 Å². The van der Waals surface area contributed by atoms with Crippen molar-refractivity contribution in [2.45, 2.75) is 12.8 Å². The molecule has 6 heteroatoms. The fourth-order valence-electron chi connectivity index (χ4n) is 2.54. The van der Waals surface area contributed by atoms with E-state index in [2.05, 4.69) is 21.2 Å². The number of benzene rings is 2. The number of hydrogen-bond donors (Lipinski definition) is 1. The van der Waals surface area contributed by atoms with Crippen molar-refractivity contribution in [2.24, 2.45) is 0 Å². The molecule has 0 radical (unpaired) electrons. The van der Waals surface area contributed by atoms with E-state index in [4.69, 9.17) is 16.7 Å². The molecule has 128 valence electrons. The van der Waals surface area contributed by atoms with Crippen molar-refractivity contribution < 1.29 is 4.79 Å². The van der Waals surface area contributed by atoms with Crippen LogP contribution in [-0.4, -0.2) is 22.7 Å². The highest BCUT2D eigenvalue weighted by Gasteiger charge is 2.13. The maximum atomic E-state index is 11.6. The van der Waals surface area contributed by atoms with Crippen molar-refractivity contribution in [1.82, 2.24) is 15.1 Å². The predicted octanol–water partition coefficient (Wildman–Crippen LogP) is 4.63. The highest BCUT2D eigenvalue weighted by molar-refractivity contribution is 9.10. The number of aryl methyl sites for hydroxylation is 1. The van der Waals surface area contributed by atoms with Crippen LogP contribution in [0.1, 0.15) is 12.0 Å². The van der Waals surface area contributed by atoms with Crippen LogP contribution in [0.25, 0.3) is 16.9 Å². The smallest absolute Gasteiger partial charge is 0.220 e.